The Bertz CT molecular complexity index is 1310. The van der Waals surface area contributed by atoms with Crippen LogP contribution in [0.15, 0.2) is 35.3 Å². The summed E-state index contributed by atoms with van der Waals surface area (Å²) in [6, 6.07) is 10.3. The third-order valence-corrected chi connectivity index (χ3v) is 8.74. The van der Waals surface area contributed by atoms with Crippen molar-refractivity contribution < 1.29 is 23.8 Å². The highest BCUT2D eigenvalue weighted by Crippen LogP contribution is 2.43. The van der Waals surface area contributed by atoms with Crippen molar-refractivity contribution in [2.75, 3.05) is 12.2 Å². The number of hydrogen-bond donors (Lipinski definition) is 1. The molecule has 1 aliphatic heterocycles. The number of alkyl carbamates (subject to hydrolysis) is 1. The van der Waals surface area contributed by atoms with E-state index in [1.165, 1.54) is 12.8 Å². The average molecular weight is 580 g/mol. The number of anilines is 1. The van der Waals surface area contributed by atoms with E-state index in [0.29, 0.717) is 0 Å². The minimum Gasteiger partial charge on any atom is -0.493 e. The lowest BCUT2D eigenvalue weighted by Crippen LogP contribution is -2.43. The molecule has 1 aromatic heterocycles. The molecule has 0 spiro atoms. The van der Waals surface area contributed by atoms with Gasteiger partial charge in [-0.3, -0.25) is 0 Å². The summed E-state index contributed by atoms with van der Waals surface area (Å²) in [6.45, 7) is 7.54. The summed E-state index contributed by atoms with van der Waals surface area (Å²) in [4.78, 5) is 23.4. The van der Waals surface area contributed by atoms with Gasteiger partial charge in [0.05, 0.1) is 23.5 Å². The molecular formula is C32H41N3O5S. The molecular weight excluding hydrogens is 538 g/mol. The molecule has 0 radical (unpaired) electrons. The van der Waals surface area contributed by atoms with Crippen LogP contribution < -0.4 is 19.9 Å². The maximum atomic E-state index is 12.5. The standard InChI is InChI=1S/C32H41N3O5S/c1-22-33-21-35(40-22)29-13-11-26(41-29)16-19-32(17-14-24(15-18-32)34-30(36)39-31(2,3)4)23-10-12-27(37-5)28(20-23)38-25-8-6-7-9-25/h10-13,20-22,24-25H,6-9,14-15,17-18H2,1-5H3,(H,34,36)/t22?,24-,32+. The number of rotatable bonds is 6. The van der Waals surface area contributed by atoms with Gasteiger partial charge in [-0.2, -0.15) is 5.06 Å². The summed E-state index contributed by atoms with van der Waals surface area (Å²) < 4.78 is 17.6. The molecule has 220 valence electrons. The zero-order chi connectivity index (χ0) is 29.0. The zero-order valence-electron chi connectivity index (χ0n) is 24.7. The number of nitrogens with one attached hydrogen (secondary N) is 1. The van der Waals surface area contributed by atoms with Crippen molar-refractivity contribution in [3.63, 3.8) is 0 Å². The molecule has 8 nitrogen and oxygen atoms in total. The molecule has 3 aliphatic rings. The number of methoxy groups -OCH3 is 1. The van der Waals surface area contributed by atoms with E-state index in [4.69, 9.17) is 19.0 Å². The van der Waals surface area contributed by atoms with E-state index in [0.717, 1.165) is 65.5 Å². The lowest BCUT2D eigenvalue weighted by molar-refractivity contribution is 0.0487. The summed E-state index contributed by atoms with van der Waals surface area (Å²) in [5.74, 6) is 8.68. The summed E-state index contributed by atoms with van der Waals surface area (Å²) >= 11 is 1.58. The molecule has 2 fully saturated rings. The van der Waals surface area contributed by atoms with E-state index in [-0.39, 0.29) is 24.5 Å². The Balaban J connectivity index is 1.40. The molecule has 1 atom stereocenters. The van der Waals surface area contributed by atoms with Gasteiger partial charge in [0, 0.05) is 6.04 Å². The fourth-order valence-electron chi connectivity index (χ4n) is 5.64. The fraction of sp³-hybridized carbons (Fsp3) is 0.562. The number of hydrogen-bond acceptors (Lipinski definition) is 8. The normalized spacial score (nSPS) is 24.6. The highest BCUT2D eigenvalue weighted by molar-refractivity contribution is 7.16. The number of amides is 1. The van der Waals surface area contributed by atoms with Crippen LogP contribution in [0.2, 0.25) is 0 Å². The lowest BCUT2D eigenvalue weighted by atomic mass is 9.68. The summed E-state index contributed by atoms with van der Waals surface area (Å²) in [7, 11) is 1.68. The van der Waals surface area contributed by atoms with Crippen molar-refractivity contribution in [2.24, 2.45) is 4.99 Å². The van der Waals surface area contributed by atoms with Gasteiger partial charge in [-0.15, -0.1) is 11.3 Å². The van der Waals surface area contributed by atoms with Crippen LogP contribution in [0.4, 0.5) is 9.80 Å². The third-order valence-electron chi connectivity index (χ3n) is 7.75. The second-order valence-electron chi connectivity index (χ2n) is 12.1. The average Bonchev–Trinajstić information content (AvgIpc) is 3.70. The van der Waals surface area contributed by atoms with E-state index in [1.807, 2.05) is 45.9 Å². The minimum atomic E-state index is -0.531. The van der Waals surface area contributed by atoms with Crippen molar-refractivity contribution in [2.45, 2.75) is 108 Å². The number of aliphatic imine (C=N–C) groups is 1. The first-order chi connectivity index (χ1) is 19.6. The number of hydroxylamine groups is 1. The molecule has 5 rings (SSSR count). The molecule has 2 heterocycles. The monoisotopic (exact) mass is 579 g/mol. The van der Waals surface area contributed by atoms with Gasteiger partial charge in [-0.05, 0) is 109 Å². The van der Waals surface area contributed by atoms with Crippen LogP contribution >= 0.6 is 11.3 Å². The Morgan fingerprint density at radius 2 is 1.88 bits per heavy atom. The van der Waals surface area contributed by atoms with Gasteiger partial charge in [0.15, 0.2) is 17.7 Å². The molecule has 0 saturated heterocycles. The van der Waals surface area contributed by atoms with E-state index in [1.54, 1.807) is 29.8 Å². The molecule has 1 aromatic carbocycles. The van der Waals surface area contributed by atoms with Crippen LogP contribution in [0.1, 0.15) is 89.5 Å². The molecule has 1 N–H and O–H groups in total. The predicted octanol–water partition coefficient (Wildman–Crippen LogP) is 6.96. The minimum absolute atomic E-state index is 0.0363. The third kappa shape index (κ3) is 7.35. The molecule has 41 heavy (non-hydrogen) atoms. The number of thiophene rings is 1. The molecule has 1 unspecified atom stereocenters. The highest BCUT2D eigenvalue weighted by Gasteiger charge is 2.37. The molecule has 9 heteroatoms. The Morgan fingerprint density at radius 3 is 2.54 bits per heavy atom. The van der Waals surface area contributed by atoms with Crippen LogP contribution in [0.3, 0.4) is 0 Å². The van der Waals surface area contributed by atoms with E-state index in [9.17, 15) is 4.79 Å². The van der Waals surface area contributed by atoms with Gasteiger partial charge in [0.2, 0.25) is 0 Å². The molecule has 2 aliphatic carbocycles. The maximum Gasteiger partial charge on any atom is 0.407 e. The van der Waals surface area contributed by atoms with Gasteiger partial charge >= 0.3 is 6.09 Å². The van der Waals surface area contributed by atoms with Gasteiger partial charge in [-0.1, -0.05) is 17.9 Å². The van der Waals surface area contributed by atoms with Gasteiger partial charge in [0.1, 0.15) is 16.9 Å². The Hall–Kier alpha value is -3.22. The van der Waals surface area contributed by atoms with Crippen molar-refractivity contribution in [3.05, 3.63) is 40.8 Å². The summed E-state index contributed by atoms with van der Waals surface area (Å²) in [5, 5.41) is 5.71. The summed E-state index contributed by atoms with van der Waals surface area (Å²) in [6.07, 6.45) is 9.10. The van der Waals surface area contributed by atoms with E-state index < -0.39 is 11.0 Å². The molecule has 1 amide bonds. The SMILES string of the molecule is COc1ccc([C@]2(C#Cc3ccc(N4C=NC(C)O4)s3)CC[C@H](NC(=O)OC(C)(C)C)CC2)cc1OC1CCCC1. The molecule has 2 aromatic rings. The number of carbonyl (C=O) groups excluding carboxylic acids is 1. The van der Waals surface area contributed by atoms with Crippen LogP contribution in [0, 0.1) is 11.8 Å². The maximum absolute atomic E-state index is 12.5. The van der Waals surface area contributed by atoms with Crippen molar-refractivity contribution in [1.29, 1.82) is 0 Å². The Morgan fingerprint density at radius 1 is 1.12 bits per heavy atom. The largest absolute Gasteiger partial charge is 0.493 e. The van der Waals surface area contributed by atoms with Crippen molar-refractivity contribution in [3.8, 4) is 23.3 Å². The number of ether oxygens (including phenoxy) is 3. The topological polar surface area (TPSA) is 81.6 Å². The van der Waals surface area contributed by atoms with E-state index >= 15 is 0 Å². The van der Waals surface area contributed by atoms with Crippen LogP contribution in [0.5, 0.6) is 11.5 Å². The Labute approximate surface area is 247 Å². The lowest BCUT2D eigenvalue weighted by Gasteiger charge is -2.37. The Kier molecular flexibility index (Phi) is 8.81. The quantitative estimate of drug-likeness (QED) is 0.373. The van der Waals surface area contributed by atoms with Crippen LogP contribution in [0.25, 0.3) is 0 Å². The first-order valence-corrected chi connectivity index (χ1v) is 15.4. The number of nitrogens with zero attached hydrogens (tertiary/aromatic N) is 2. The highest BCUT2D eigenvalue weighted by atomic mass is 32.1. The van der Waals surface area contributed by atoms with Crippen molar-refractivity contribution in [1.82, 2.24) is 5.32 Å². The van der Waals surface area contributed by atoms with Crippen LogP contribution in [-0.4, -0.2) is 43.5 Å². The van der Waals surface area contributed by atoms with Gasteiger partial charge < -0.3 is 19.5 Å². The molecule has 0 bridgehead atoms. The smallest absolute Gasteiger partial charge is 0.407 e. The zero-order valence-corrected chi connectivity index (χ0v) is 25.5. The second-order valence-corrected chi connectivity index (χ2v) is 13.1. The second kappa shape index (κ2) is 12.3. The predicted molar refractivity (Wildman–Crippen MR) is 162 cm³/mol. The number of carbonyl (C=O) groups is 1. The molecule has 2 saturated carbocycles. The first-order valence-electron chi connectivity index (χ1n) is 14.6. The van der Waals surface area contributed by atoms with E-state index in [2.05, 4.69) is 34.3 Å². The summed E-state index contributed by atoms with van der Waals surface area (Å²) in [5.41, 5.74) is 0.197. The van der Waals surface area contributed by atoms with Crippen molar-refractivity contribution >= 4 is 28.8 Å². The first kappa shape index (κ1) is 29.3. The fourth-order valence-corrected chi connectivity index (χ4v) is 6.42. The van der Waals surface area contributed by atoms with Gasteiger partial charge in [0.25, 0.3) is 0 Å². The van der Waals surface area contributed by atoms with Crippen LogP contribution in [-0.2, 0) is 15.0 Å². The number of benzene rings is 1. The van der Waals surface area contributed by atoms with Gasteiger partial charge in [-0.25, -0.2) is 14.6 Å².